The molecule has 2 aromatic heterocycles. The molecule has 1 aliphatic carbocycles. The maximum absolute atomic E-state index is 13.0. The number of rotatable bonds is 7. The zero-order chi connectivity index (χ0) is 16.2. The van der Waals surface area contributed by atoms with Crippen molar-refractivity contribution in [3.63, 3.8) is 0 Å². The minimum Gasteiger partial charge on any atom is -0.283 e. The van der Waals surface area contributed by atoms with Crippen molar-refractivity contribution in [2.45, 2.75) is 63.6 Å². The third-order valence-electron chi connectivity index (χ3n) is 4.33. The summed E-state index contributed by atoms with van der Waals surface area (Å²) >= 11 is 3.45. The molecule has 5 heteroatoms. The summed E-state index contributed by atoms with van der Waals surface area (Å²) in [7, 11) is 0. The number of hydrogen-bond donors (Lipinski definition) is 0. The molecule has 0 aromatic carbocycles. The molecular formula is C18H24N2OS2. The lowest BCUT2D eigenvalue weighted by Gasteiger charge is -2.12. The SMILES string of the molecule is C=CCn1c(SCCCCC)nc2sc3c(c2c1=O)CCCC3. The summed E-state index contributed by atoms with van der Waals surface area (Å²) in [6, 6.07) is 0. The van der Waals surface area contributed by atoms with E-state index in [1.54, 1.807) is 29.2 Å². The molecule has 3 rings (SSSR count). The topological polar surface area (TPSA) is 34.9 Å². The highest BCUT2D eigenvalue weighted by atomic mass is 32.2. The van der Waals surface area contributed by atoms with E-state index in [9.17, 15) is 4.79 Å². The van der Waals surface area contributed by atoms with Crippen molar-refractivity contribution in [3.8, 4) is 0 Å². The second kappa shape index (κ2) is 7.67. The molecule has 1 aliphatic rings. The molecule has 0 radical (unpaired) electrons. The zero-order valence-electron chi connectivity index (χ0n) is 13.8. The Labute approximate surface area is 145 Å². The fraction of sp³-hybridized carbons (Fsp3) is 0.556. The maximum atomic E-state index is 13.0. The Bertz CT molecular complexity index is 760. The van der Waals surface area contributed by atoms with Crippen molar-refractivity contribution < 1.29 is 0 Å². The number of thiophene rings is 1. The van der Waals surface area contributed by atoms with Crippen LogP contribution in [0.25, 0.3) is 10.2 Å². The molecule has 2 heterocycles. The predicted octanol–water partition coefficient (Wildman–Crippen LogP) is 4.81. The number of aryl methyl sites for hydroxylation is 2. The van der Waals surface area contributed by atoms with Crippen LogP contribution in [0.5, 0.6) is 0 Å². The lowest BCUT2D eigenvalue weighted by Crippen LogP contribution is -2.23. The van der Waals surface area contributed by atoms with Crippen molar-refractivity contribution >= 4 is 33.3 Å². The molecule has 0 N–H and O–H groups in total. The molecule has 0 spiro atoms. The van der Waals surface area contributed by atoms with Gasteiger partial charge in [0.15, 0.2) is 5.16 Å². The van der Waals surface area contributed by atoms with Gasteiger partial charge in [0, 0.05) is 17.2 Å². The normalized spacial score (nSPS) is 14.1. The van der Waals surface area contributed by atoms with Gasteiger partial charge in [0.2, 0.25) is 0 Å². The van der Waals surface area contributed by atoms with Gasteiger partial charge in [0.05, 0.1) is 5.39 Å². The fourth-order valence-electron chi connectivity index (χ4n) is 3.14. The van der Waals surface area contributed by atoms with Crippen LogP contribution in [0.3, 0.4) is 0 Å². The summed E-state index contributed by atoms with van der Waals surface area (Å²) in [5.74, 6) is 1.02. The Hall–Kier alpha value is -1.07. The first kappa shape index (κ1) is 16.8. The van der Waals surface area contributed by atoms with E-state index >= 15 is 0 Å². The van der Waals surface area contributed by atoms with Gasteiger partial charge in [-0.1, -0.05) is 37.6 Å². The van der Waals surface area contributed by atoms with Gasteiger partial charge in [-0.3, -0.25) is 9.36 Å². The van der Waals surface area contributed by atoms with E-state index < -0.39 is 0 Å². The summed E-state index contributed by atoms with van der Waals surface area (Å²) in [5.41, 5.74) is 1.40. The summed E-state index contributed by atoms with van der Waals surface area (Å²) in [4.78, 5) is 20.2. The zero-order valence-corrected chi connectivity index (χ0v) is 15.4. The van der Waals surface area contributed by atoms with Gasteiger partial charge < -0.3 is 0 Å². The molecule has 23 heavy (non-hydrogen) atoms. The molecule has 0 saturated carbocycles. The number of nitrogens with zero attached hydrogens (tertiary/aromatic N) is 2. The molecule has 124 valence electrons. The number of unbranched alkanes of at least 4 members (excludes halogenated alkanes) is 2. The molecule has 0 fully saturated rings. The average Bonchev–Trinajstić information content (AvgIpc) is 2.93. The minimum atomic E-state index is 0.132. The average molecular weight is 349 g/mol. The maximum Gasteiger partial charge on any atom is 0.263 e. The Morgan fingerprint density at radius 2 is 2.17 bits per heavy atom. The first-order valence-electron chi connectivity index (χ1n) is 8.55. The quantitative estimate of drug-likeness (QED) is 0.312. The van der Waals surface area contributed by atoms with E-state index in [-0.39, 0.29) is 5.56 Å². The van der Waals surface area contributed by atoms with Gasteiger partial charge in [-0.15, -0.1) is 17.9 Å². The Kier molecular flexibility index (Phi) is 5.59. The van der Waals surface area contributed by atoms with Gasteiger partial charge in [0.1, 0.15) is 4.83 Å². The molecule has 0 atom stereocenters. The molecule has 0 unspecified atom stereocenters. The summed E-state index contributed by atoms with van der Waals surface area (Å²) in [5, 5.41) is 1.74. The number of aromatic nitrogens is 2. The van der Waals surface area contributed by atoms with Crippen LogP contribution in [-0.2, 0) is 19.4 Å². The van der Waals surface area contributed by atoms with Crippen LogP contribution in [-0.4, -0.2) is 15.3 Å². The monoisotopic (exact) mass is 348 g/mol. The Morgan fingerprint density at radius 3 is 2.96 bits per heavy atom. The first-order valence-corrected chi connectivity index (χ1v) is 10.3. The first-order chi connectivity index (χ1) is 11.3. The van der Waals surface area contributed by atoms with Gasteiger partial charge >= 0.3 is 0 Å². The van der Waals surface area contributed by atoms with Crippen LogP contribution in [0.4, 0.5) is 0 Å². The Balaban J connectivity index is 2.03. The van der Waals surface area contributed by atoms with Crippen molar-refractivity contribution in [1.82, 2.24) is 9.55 Å². The van der Waals surface area contributed by atoms with E-state index in [0.29, 0.717) is 6.54 Å². The fourth-order valence-corrected chi connectivity index (χ4v) is 5.45. The molecule has 0 aliphatic heterocycles. The van der Waals surface area contributed by atoms with E-state index in [2.05, 4.69) is 13.5 Å². The molecule has 0 bridgehead atoms. The summed E-state index contributed by atoms with van der Waals surface area (Å²) in [6.07, 6.45) is 9.97. The highest BCUT2D eigenvalue weighted by Gasteiger charge is 2.21. The van der Waals surface area contributed by atoms with Gasteiger partial charge in [-0.05, 0) is 37.7 Å². The largest absolute Gasteiger partial charge is 0.283 e. The van der Waals surface area contributed by atoms with Crippen LogP contribution >= 0.6 is 23.1 Å². The van der Waals surface area contributed by atoms with E-state index in [1.807, 2.05) is 4.57 Å². The Morgan fingerprint density at radius 1 is 1.35 bits per heavy atom. The number of fused-ring (bicyclic) bond motifs is 3. The van der Waals surface area contributed by atoms with Gasteiger partial charge in [0.25, 0.3) is 5.56 Å². The third-order valence-corrected chi connectivity index (χ3v) is 6.58. The van der Waals surface area contributed by atoms with Crippen LogP contribution < -0.4 is 5.56 Å². The van der Waals surface area contributed by atoms with Crippen molar-refractivity contribution in [2.75, 3.05) is 5.75 Å². The van der Waals surface area contributed by atoms with Crippen LogP contribution in [0.2, 0.25) is 0 Å². The molecule has 2 aromatic rings. The number of thioether (sulfide) groups is 1. The van der Waals surface area contributed by atoms with E-state index in [1.165, 1.54) is 42.5 Å². The van der Waals surface area contributed by atoms with Crippen LogP contribution in [0.1, 0.15) is 49.5 Å². The van der Waals surface area contributed by atoms with Gasteiger partial charge in [-0.25, -0.2) is 4.98 Å². The molecule has 3 nitrogen and oxygen atoms in total. The number of hydrogen-bond acceptors (Lipinski definition) is 4. The molecule has 0 amide bonds. The van der Waals surface area contributed by atoms with Crippen molar-refractivity contribution in [1.29, 1.82) is 0 Å². The van der Waals surface area contributed by atoms with E-state index in [4.69, 9.17) is 4.98 Å². The summed E-state index contributed by atoms with van der Waals surface area (Å²) in [6.45, 7) is 6.56. The summed E-state index contributed by atoms with van der Waals surface area (Å²) < 4.78 is 1.81. The van der Waals surface area contributed by atoms with Crippen molar-refractivity contribution in [3.05, 3.63) is 33.4 Å². The lowest BCUT2D eigenvalue weighted by molar-refractivity contribution is 0.667. The van der Waals surface area contributed by atoms with Crippen LogP contribution in [0.15, 0.2) is 22.6 Å². The standard InChI is InChI=1S/C18H24N2OS2/c1-3-5-8-12-22-18-19-16-15(17(21)20(18)11-4-2)13-9-6-7-10-14(13)23-16/h4H,2-3,5-12H2,1H3. The highest BCUT2D eigenvalue weighted by molar-refractivity contribution is 7.99. The second-order valence-electron chi connectivity index (χ2n) is 6.05. The van der Waals surface area contributed by atoms with Gasteiger partial charge in [-0.2, -0.15) is 0 Å². The molecule has 0 saturated heterocycles. The second-order valence-corrected chi connectivity index (χ2v) is 8.19. The minimum absolute atomic E-state index is 0.132. The third kappa shape index (κ3) is 3.41. The van der Waals surface area contributed by atoms with Crippen LogP contribution in [0, 0.1) is 0 Å². The molecular weight excluding hydrogens is 324 g/mol. The highest BCUT2D eigenvalue weighted by Crippen LogP contribution is 2.34. The van der Waals surface area contributed by atoms with E-state index in [0.717, 1.165) is 34.0 Å². The lowest BCUT2D eigenvalue weighted by atomic mass is 9.97. The van der Waals surface area contributed by atoms with Crippen molar-refractivity contribution in [2.24, 2.45) is 0 Å². The number of allylic oxidation sites excluding steroid dienone is 1. The smallest absolute Gasteiger partial charge is 0.263 e. The predicted molar refractivity (Wildman–Crippen MR) is 101 cm³/mol.